The van der Waals surface area contributed by atoms with E-state index in [1.165, 1.54) is 33.1 Å². The number of rotatable bonds is 16. The van der Waals surface area contributed by atoms with Crippen LogP contribution in [0.1, 0.15) is 164 Å². The highest BCUT2D eigenvalue weighted by Crippen LogP contribution is 2.72. The monoisotopic (exact) mass is 1140 g/mol. The lowest BCUT2D eigenvalue weighted by Gasteiger charge is -2.70. The summed E-state index contributed by atoms with van der Waals surface area (Å²) >= 11 is 0. The maximum absolute atomic E-state index is 15.8. The predicted molar refractivity (Wildman–Crippen MR) is 308 cm³/mol. The molecule has 0 aromatic heterocycles. The molecule has 2 bridgehead atoms. The predicted octanol–water partition coefficient (Wildman–Crippen LogP) is 11.2. The molecule has 440 valence electrons. The highest BCUT2D eigenvalue weighted by atomic mass is 16.7. The number of carbonyl (C=O) groups excluding carboxylic acids is 6. The average Bonchev–Trinajstić information content (AvgIpc) is 1.44. The molecule has 83 heavy (non-hydrogen) atoms. The molecule has 16 nitrogen and oxygen atoms in total. The third-order valence-corrected chi connectivity index (χ3v) is 18.4. The quantitative estimate of drug-likeness (QED) is 0.0465. The fourth-order valence-electron chi connectivity index (χ4n) is 14.5. The van der Waals surface area contributed by atoms with Gasteiger partial charge in [-0.25, -0.2) is 9.59 Å². The summed E-state index contributed by atoms with van der Waals surface area (Å²) in [5, 5.41) is 13.9. The number of nitrogens with zero attached hydrogens (tertiary/aromatic N) is 1. The van der Waals surface area contributed by atoms with E-state index in [1.54, 1.807) is 31.2 Å². The molecule has 1 N–H and O–H groups in total. The van der Waals surface area contributed by atoms with Crippen molar-refractivity contribution < 1.29 is 71.8 Å². The summed E-state index contributed by atoms with van der Waals surface area (Å²) in [6.07, 6.45) is 8.22. The molecule has 3 aromatic carbocycles. The fourth-order valence-corrected chi connectivity index (χ4v) is 14.5. The second-order valence-electron chi connectivity index (χ2n) is 24.7. The lowest BCUT2D eigenvalue weighted by molar-refractivity contribution is -0.271. The number of ether oxygens (including phenoxy) is 8. The molecule has 3 aromatic rings. The number of Topliss-reactive ketones (excluding diaryl/α,β-unsaturated/α-hetero) is 2. The van der Waals surface area contributed by atoms with Crippen molar-refractivity contribution in [2.45, 2.75) is 169 Å². The van der Waals surface area contributed by atoms with Crippen LogP contribution in [0.25, 0.3) is 6.08 Å². The SMILES string of the molecule is CC[C@H]1O[C@@H](Oc2ccc(C(=O)Oc3c4c(c(CC=C(C)C)c5c3C3N=C6c7ccccc7C(=O)C6C6C7CC(C(C)C)C(O5)(C36)C(O)(C/C=C(/C)C(=O)OC)C7=O)OC(C)(CCC=C(C)C)C=C4)cc2)[C@H](OC(C)=O)[C@@H](OC(C)=O)[C@@H]1C. The van der Waals surface area contributed by atoms with E-state index in [1.807, 2.05) is 92.7 Å². The fraction of sp³-hybridized carbons (Fsp3) is 0.507. The van der Waals surface area contributed by atoms with E-state index in [0.717, 1.165) is 11.1 Å². The van der Waals surface area contributed by atoms with E-state index in [-0.39, 0.29) is 58.8 Å². The molecule has 3 saturated carbocycles. The largest absolute Gasteiger partial charge is 0.482 e. The zero-order chi connectivity index (χ0) is 59.8. The van der Waals surface area contributed by atoms with Gasteiger partial charge in [0.05, 0.1) is 47.6 Å². The Kier molecular flexibility index (Phi) is 16.0. The summed E-state index contributed by atoms with van der Waals surface area (Å²) in [6, 6.07) is 12.6. The zero-order valence-corrected chi connectivity index (χ0v) is 49.8. The summed E-state index contributed by atoms with van der Waals surface area (Å²) < 4.78 is 51.2. The zero-order valence-electron chi connectivity index (χ0n) is 49.8. The second kappa shape index (κ2) is 22.4. The minimum atomic E-state index is -2.26. The Morgan fingerprint density at radius 2 is 1.54 bits per heavy atom. The molecule has 0 amide bonds. The first kappa shape index (κ1) is 59.0. The van der Waals surface area contributed by atoms with Gasteiger partial charge in [-0.2, -0.15) is 0 Å². The van der Waals surface area contributed by atoms with Gasteiger partial charge < -0.3 is 43.0 Å². The molecule has 4 aliphatic carbocycles. The van der Waals surface area contributed by atoms with Crippen molar-refractivity contribution in [1.82, 2.24) is 0 Å². The minimum absolute atomic E-state index is 0.109. The number of hydrogen-bond acceptors (Lipinski definition) is 16. The van der Waals surface area contributed by atoms with E-state index in [0.29, 0.717) is 65.0 Å². The Bertz CT molecular complexity index is 3320. The topological polar surface area (TPSA) is 209 Å². The molecular formula is C67H77NO15. The van der Waals surface area contributed by atoms with Crippen LogP contribution < -0.4 is 18.9 Å². The molecule has 9 unspecified atom stereocenters. The van der Waals surface area contributed by atoms with E-state index in [2.05, 4.69) is 12.2 Å². The highest BCUT2D eigenvalue weighted by Gasteiger charge is 2.80. The third-order valence-electron chi connectivity index (χ3n) is 18.4. The Hall–Kier alpha value is -7.17. The van der Waals surface area contributed by atoms with Crippen LogP contribution in [0.4, 0.5) is 0 Å². The van der Waals surface area contributed by atoms with Gasteiger partial charge in [0.25, 0.3) is 0 Å². The van der Waals surface area contributed by atoms with Crippen molar-refractivity contribution in [1.29, 1.82) is 0 Å². The number of esters is 4. The first-order chi connectivity index (χ1) is 39.4. The molecule has 4 heterocycles. The van der Waals surface area contributed by atoms with Crippen LogP contribution in [0, 0.1) is 41.4 Å². The molecule has 0 radical (unpaired) electrons. The van der Waals surface area contributed by atoms with E-state index >= 15 is 14.4 Å². The summed E-state index contributed by atoms with van der Waals surface area (Å²) in [5.74, 6) is -6.40. The van der Waals surface area contributed by atoms with Gasteiger partial charge in [0, 0.05) is 66.2 Å². The second-order valence-corrected chi connectivity index (χ2v) is 24.7. The van der Waals surface area contributed by atoms with E-state index in [9.17, 15) is 19.5 Å². The molecule has 1 spiro atoms. The van der Waals surface area contributed by atoms with Crippen molar-refractivity contribution in [3.8, 4) is 23.0 Å². The van der Waals surface area contributed by atoms with Crippen molar-refractivity contribution in [3.05, 3.63) is 123 Å². The number of aliphatic imine (C=N–C) groups is 1. The number of allylic oxidation sites excluding steroid dienone is 4. The van der Waals surface area contributed by atoms with Crippen LogP contribution >= 0.6 is 0 Å². The van der Waals surface area contributed by atoms with Crippen LogP contribution in [0.15, 0.2) is 94.5 Å². The van der Waals surface area contributed by atoms with E-state index < -0.39 is 107 Å². The summed E-state index contributed by atoms with van der Waals surface area (Å²) in [7, 11) is 1.27. The molecule has 14 atom stereocenters. The maximum atomic E-state index is 15.8. The molecule has 8 aliphatic rings. The first-order valence-corrected chi connectivity index (χ1v) is 29.2. The van der Waals surface area contributed by atoms with Crippen molar-refractivity contribution in [2.75, 3.05) is 7.11 Å². The number of fused-ring (bicyclic) bond motifs is 8. The minimum Gasteiger partial charge on any atom is -0.482 e. The standard InChI is InChI=1S/C67H77NO15/c1-14-48-37(9)56(77-38(10)69)60(78-39(11)70)64(80-48)79-41-24-22-40(23-25-41)63(74)81-58-45-28-30-65(12,29-17-18-33(2)3)82-57(45)44(26-21-34(4)5)59-51(58)54-52-49(50-53(68-54)42-19-15-16-20-43(42)55(50)71)46-32-47(35(6)7)67(52,83-59)66(75,61(46)72)31-27-36(8)62(73)76-13/h15-16,18-25,27-28,30,35,37,46-50,52,54,56,60,64,75H,14,17,26,29,31-32H2,1-13H3/b36-27-/t37-,46?,47?,48-,49?,50?,52?,54?,56+,60-,64-,65?,66?,67?/m1/s1. The number of aliphatic hydroxyl groups is 1. The number of ketones is 2. The lowest BCUT2D eigenvalue weighted by atomic mass is 9.39. The molecule has 16 heteroatoms. The maximum Gasteiger partial charge on any atom is 0.343 e. The van der Waals surface area contributed by atoms with E-state index in [4.69, 9.17) is 42.9 Å². The first-order valence-electron chi connectivity index (χ1n) is 29.2. The molecule has 4 aliphatic heterocycles. The smallest absolute Gasteiger partial charge is 0.343 e. The van der Waals surface area contributed by atoms with Crippen molar-refractivity contribution in [3.63, 3.8) is 0 Å². The van der Waals surface area contributed by atoms with Crippen LogP contribution in [-0.4, -0.2) is 94.8 Å². The number of benzene rings is 3. The summed E-state index contributed by atoms with van der Waals surface area (Å²) in [5.41, 5.74) is 0.738. The molecule has 4 fully saturated rings. The number of carbonyl (C=O) groups is 6. The Labute approximate surface area is 485 Å². The van der Waals surface area contributed by atoms with Crippen LogP contribution in [0.3, 0.4) is 0 Å². The van der Waals surface area contributed by atoms with Gasteiger partial charge in [-0.15, -0.1) is 0 Å². The van der Waals surface area contributed by atoms with Gasteiger partial charge in [-0.05, 0) is 122 Å². The highest BCUT2D eigenvalue weighted by molar-refractivity contribution is 6.29. The summed E-state index contributed by atoms with van der Waals surface area (Å²) in [4.78, 5) is 89.5. The van der Waals surface area contributed by atoms with Gasteiger partial charge in [-0.3, -0.25) is 24.2 Å². The third kappa shape index (κ3) is 10.0. The van der Waals surface area contributed by atoms with Gasteiger partial charge >= 0.3 is 23.9 Å². The van der Waals surface area contributed by atoms with Crippen LogP contribution in [0.5, 0.6) is 23.0 Å². The Morgan fingerprint density at radius 3 is 2.18 bits per heavy atom. The number of hydrogen-bond donors (Lipinski definition) is 1. The van der Waals surface area contributed by atoms with Crippen molar-refractivity contribution in [2.24, 2.45) is 46.4 Å². The molecule has 11 rings (SSSR count). The average molecular weight is 1140 g/mol. The lowest BCUT2D eigenvalue weighted by Crippen LogP contribution is -2.82. The van der Waals surface area contributed by atoms with Gasteiger partial charge in [0.2, 0.25) is 12.4 Å². The molecule has 1 saturated heterocycles. The molecular weight excluding hydrogens is 1060 g/mol. The summed E-state index contributed by atoms with van der Waals surface area (Å²) in [6.45, 7) is 22.1. The van der Waals surface area contributed by atoms with Gasteiger partial charge in [0.1, 0.15) is 29.0 Å². The van der Waals surface area contributed by atoms with Crippen LogP contribution in [-0.2, 0) is 44.5 Å². The van der Waals surface area contributed by atoms with Gasteiger partial charge in [0.15, 0.2) is 28.5 Å². The van der Waals surface area contributed by atoms with Crippen LogP contribution in [0.2, 0.25) is 0 Å². The number of methoxy groups -OCH3 is 1. The Morgan fingerprint density at radius 1 is 0.867 bits per heavy atom. The Balaban J connectivity index is 1.18. The normalized spacial score (nSPS) is 31.3. The van der Waals surface area contributed by atoms with Crippen molar-refractivity contribution >= 4 is 47.2 Å². The van der Waals surface area contributed by atoms with Gasteiger partial charge in [-0.1, -0.05) is 81.3 Å².